The molecule has 0 aliphatic heterocycles. The molecule has 0 spiro atoms. The van der Waals surface area contributed by atoms with Crippen molar-refractivity contribution >= 4 is 29.1 Å². The first-order chi connectivity index (χ1) is 14.8. The van der Waals surface area contributed by atoms with Gasteiger partial charge in [0.15, 0.2) is 5.78 Å². The molecule has 1 N–H and O–H groups in total. The van der Waals surface area contributed by atoms with Crippen molar-refractivity contribution in [2.75, 3.05) is 14.2 Å². The Bertz CT molecular complexity index is 1130. The van der Waals surface area contributed by atoms with Crippen molar-refractivity contribution in [2.24, 2.45) is 0 Å². The number of carbonyl (C=O) groups excluding carboxylic acids is 3. The van der Waals surface area contributed by atoms with Crippen LogP contribution in [0.1, 0.15) is 44.7 Å². The molecule has 162 valence electrons. The zero-order valence-corrected chi connectivity index (χ0v) is 18.4. The number of para-hydroxylation sites is 1. The minimum absolute atomic E-state index is 0.0166. The molecule has 0 saturated carbocycles. The van der Waals surface area contributed by atoms with E-state index in [1.165, 1.54) is 25.4 Å². The number of rotatable bonds is 8. The van der Waals surface area contributed by atoms with E-state index in [0.717, 1.165) is 10.6 Å². The van der Waals surface area contributed by atoms with Crippen LogP contribution < -0.4 is 4.74 Å². The number of aromatic amines is 1. The molecule has 3 rings (SSSR count). The van der Waals surface area contributed by atoms with E-state index >= 15 is 0 Å². The van der Waals surface area contributed by atoms with E-state index in [1.54, 1.807) is 14.0 Å². The molecule has 0 radical (unpaired) electrons. The summed E-state index contributed by atoms with van der Waals surface area (Å²) in [7, 11) is 2.84. The second-order valence-electron chi connectivity index (χ2n) is 6.71. The van der Waals surface area contributed by atoms with Gasteiger partial charge >= 0.3 is 11.9 Å². The topological polar surface area (TPSA) is 108 Å². The average Bonchev–Trinajstić information content (AvgIpc) is 3.36. The Hall–Kier alpha value is -3.46. The monoisotopic (exact) mass is 442 g/mol. The number of benzene rings is 1. The van der Waals surface area contributed by atoms with Crippen molar-refractivity contribution in [1.82, 2.24) is 9.97 Å². The van der Waals surface area contributed by atoms with Gasteiger partial charge in [-0.15, -0.1) is 11.3 Å². The van der Waals surface area contributed by atoms with Gasteiger partial charge in [-0.1, -0.05) is 12.1 Å². The molecule has 1 aromatic carbocycles. The zero-order chi connectivity index (χ0) is 22.5. The Morgan fingerprint density at radius 3 is 2.58 bits per heavy atom. The third-order valence-corrected chi connectivity index (χ3v) is 5.58. The van der Waals surface area contributed by atoms with Gasteiger partial charge in [-0.2, -0.15) is 0 Å². The first-order valence-electron chi connectivity index (χ1n) is 9.39. The van der Waals surface area contributed by atoms with Crippen molar-refractivity contribution in [3.63, 3.8) is 0 Å². The predicted octanol–water partition coefficient (Wildman–Crippen LogP) is 3.73. The van der Waals surface area contributed by atoms with Crippen LogP contribution in [-0.2, 0) is 27.3 Å². The van der Waals surface area contributed by atoms with Gasteiger partial charge in [-0.05, 0) is 24.6 Å². The van der Waals surface area contributed by atoms with Crippen LogP contribution in [0.3, 0.4) is 0 Å². The summed E-state index contributed by atoms with van der Waals surface area (Å²) >= 11 is 1.42. The summed E-state index contributed by atoms with van der Waals surface area (Å²) < 4.78 is 15.5. The van der Waals surface area contributed by atoms with Gasteiger partial charge in [0.1, 0.15) is 17.4 Å². The number of esters is 2. The largest absolute Gasteiger partial charge is 0.496 e. The number of ether oxygens (including phenoxy) is 3. The number of Topliss-reactive ketones (excluding diaryl/α,β-unsaturated/α-hetero) is 1. The first kappa shape index (κ1) is 22.2. The van der Waals surface area contributed by atoms with Crippen LogP contribution in [0.4, 0.5) is 0 Å². The summed E-state index contributed by atoms with van der Waals surface area (Å²) in [6.07, 6.45) is -0.206. The second-order valence-corrected chi connectivity index (χ2v) is 7.57. The Balaban J connectivity index is 1.70. The lowest BCUT2D eigenvalue weighted by Gasteiger charge is -2.05. The summed E-state index contributed by atoms with van der Waals surface area (Å²) in [5.41, 5.74) is 2.63. The molecule has 0 aliphatic rings. The fourth-order valence-corrected chi connectivity index (χ4v) is 4.02. The minimum atomic E-state index is -0.620. The van der Waals surface area contributed by atoms with Crippen molar-refractivity contribution in [3.8, 4) is 16.3 Å². The number of nitrogens with zero attached hydrogens (tertiary/aromatic N) is 1. The van der Waals surface area contributed by atoms with Gasteiger partial charge in [-0.25, -0.2) is 9.78 Å². The summed E-state index contributed by atoms with van der Waals surface area (Å²) in [6, 6.07) is 7.53. The number of carbonyl (C=O) groups is 3. The van der Waals surface area contributed by atoms with Gasteiger partial charge in [0.2, 0.25) is 0 Å². The standard InChI is InChI=1S/C22H22N2O6S/c1-12-19(22(27)29-4)16(24-20(12)13(2)25)9-18(26)30-10-14-11-31-21(23-14)15-7-5-6-8-17(15)28-3/h5-8,11,24H,9-10H2,1-4H3. The van der Waals surface area contributed by atoms with Crippen LogP contribution in [0.25, 0.3) is 10.6 Å². The zero-order valence-electron chi connectivity index (χ0n) is 17.6. The first-order valence-corrected chi connectivity index (χ1v) is 10.3. The lowest BCUT2D eigenvalue weighted by atomic mass is 10.1. The second kappa shape index (κ2) is 9.57. The Labute approximate surface area is 183 Å². The molecule has 0 unspecified atom stereocenters. The van der Waals surface area contributed by atoms with Crippen LogP contribution in [-0.4, -0.2) is 41.9 Å². The molecule has 2 heterocycles. The summed E-state index contributed by atoms with van der Waals surface area (Å²) in [5.74, 6) is -0.717. The van der Waals surface area contributed by atoms with E-state index in [4.69, 9.17) is 14.2 Å². The lowest BCUT2D eigenvalue weighted by Crippen LogP contribution is -2.12. The van der Waals surface area contributed by atoms with Crippen molar-refractivity contribution in [1.29, 1.82) is 0 Å². The molecule has 0 amide bonds. The van der Waals surface area contributed by atoms with Gasteiger partial charge < -0.3 is 19.2 Å². The minimum Gasteiger partial charge on any atom is -0.496 e. The van der Waals surface area contributed by atoms with Gasteiger partial charge in [0.05, 0.1) is 43.2 Å². The number of nitrogens with one attached hydrogen (secondary N) is 1. The fraction of sp³-hybridized carbons (Fsp3) is 0.273. The van der Waals surface area contributed by atoms with E-state index < -0.39 is 11.9 Å². The van der Waals surface area contributed by atoms with Crippen LogP contribution in [0.15, 0.2) is 29.6 Å². The van der Waals surface area contributed by atoms with Crippen LogP contribution in [0.5, 0.6) is 5.75 Å². The summed E-state index contributed by atoms with van der Waals surface area (Å²) in [4.78, 5) is 43.7. The van der Waals surface area contributed by atoms with Gasteiger partial charge in [0.25, 0.3) is 0 Å². The molecule has 0 bridgehead atoms. The number of hydrogen-bond acceptors (Lipinski definition) is 8. The molecule has 2 aromatic heterocycles. The Morgan fingerprint density at radius 1 is 1.16 bits per heavy atom. The average molecular weight is 442 g/mol. The molecule has 9 heteroatoms. The maximum atomic E-state index is 12.4. The quantitative estimate of drug-likeness (QED) is 0.418. The fourth-order valence-electron chi connectivity index (χ4n) is 3.19. The van der Waals surface area contributed by atoms with E-state index in [2.05, 4.69) is 9.97 Å². The molecule has 0 atom stereocenters. The molecule has 0 aliphatic carbocycles. The highest BCUT2D eigenvalue weighted by Crippen LogP contribution is 2.32. The van der Waals surface area contributed by atoms with Crippen LogP contribution >= 0.6 is 11.3 Å². The number of hydrogen-bond donors (Lipinski definition) is 1. The van der Waals surface area contributed by atoms with E-state index in [-0.39, 0.29) is 35.8 Å². The number of ketones is 1. The van der Waals surface area contributed by atoms with Crippen molar-refractivity contribution in [3.05, 3.63) is 57.9 Å². The maximum absolute atomic E-state index is 12.4. The lowest BCUT2D eigenvalue weighted by molar-refractivity contribution is -0.144. The molecular formula is C22H22N2O6S. The maximum Gasteiger partial charge on any atom is 0.339 e. The van der Waals surface area contributed by atoms with Crippen molar-refractivity contribution < 1.29 is 28.6 Å². The molecule has 8 nitrogen and oxygen atoms in total. The number of thiazole rings is 1. The highest BCUT2D eigenvalue weighted by atomic mass is 32.1. The molecule has 31 heavy (non-hydrogen) atoms. The van der Waals surface area contributed by atoms with Crippen LogP contribution in [0, 0.1) is 6.92 Å². The van der Waals surface area contributed by atoms with Crippen LogP contribution in [0.2, 0.25) is 0 Å². The number of H-pyrrole nitrogens is 1. The van der Waals surface area contributed by atoms with Crippen molar-refractivity contribution in [2.45, 2.75) is 26.9 Å². The van der Waals surface area contributed by atoms with Gasteiger partial charge in [-0.3, -0.25) is 9.59 Å². The Kier molecular flexibility index (Phi) is 6.86. The molecular weight excluding hydrogens is 420 g/mol. The molecule has 3 aromatic rings. The molecule has 0 fully saturated rings. The van der Waals surface area contributed by atoms with E-state index in [1.807, 2.05) is 29.6 Å². The van der Waals surface area contributed by atoms with E-state index in [9.17, 15) is 14.4 Å². The predicted molar refractivity (Wildman–Crippen MR) is 114 cm³/mol. The summed E-state index contributed by atoms with van der Waals surface area (Å²) in [5, 5.41) is 2.56. The highest BCUT2D eigenvalue weighted by molar-refractivity contribution is 7.13. The SMILES string of the molecule is COC(=O)c1c(CC(=O)OCc2csc(-c3ccccc3OC)n2)[nH]c(C(C)=O)c1C. The summed E-state index contributed by atoms with van der Waals surface area (Å²) in [6.45, 7) is 2.99. The van der Waals surface area contributed by atoms with Gasteiger partial charge in [0, 0.05) is 18.0 Å². The third kappa shape index (κ3) is 4.83. The molecule has 0 saturated heterocycles. The number of aromatic nitrogens is 2. The Morgan fingerprint density at radius 2 is 1.90 bits per heavy atom. The normalized spacial score (nSPS) is 10.6. The third-order valence-electron chi connectivity index (χ3n) is 4.66. The smallest absolute Gasteiger partial charge is 0.339 e. The highest BCUT2D eigenvalue weighted by Gasteiger charge is 2.24. The van der Waals surface area contributed by atoms with E-state index in [0.29, 0.717) is 17.0 Å². The number of methoxy groups -OCH3 is 2.